The highest BCUT2D eigenvalue weighted by atomic mass is 32.2. The van der Waals surface area contributed by atoms with E-state index in [0.717, 1.165) is 11.8 Å². The van der Waals surface area contributed by atoms with Gasteiger partial charge in [0.2, 0.25) is 46.5 Å². The number of nitrogens with zero attached hydrogens (tertiary/aromatic N) is 2. The molecule has 7 atom stereocenters. The number of carbonyl (C=O) groups is 9. The molecular formula is C49H66N12O11S. The molecule has 23 nitrogen and oxygen atoms in total. The zero-order valence-corrected chi connectivity index (χ0v) is 41.9. The standard InChI is InChI=1S/C49H66N12O11S/c1-27(2)18-36(45(68)60-39(22-32-24-53-26-55-32)49(72)73-17-16-41(64)65)57-46(69)37(20-29-8-6-5-7-9-29)59-48(71)42(28(3)4)61-47(70)38(21-31-23-52-25-54-31)58-44(67)35(14-15-40(51)63)56-43(66)34(50)19-30-10-12-33(62)13-11-30/h5-13,23-28,34-39,42,62H,14-22,50H2,1-4H3,(H2,51,63)(H,52,54)(H,53,55)(H,56,66)(H,57,69)(H,58,67)(H,59,71)(H,60,68)(H,61,70)(H,64,65)/t34-,35-,36-,37-,38-,39-,42-/m0/s1. The third-order valence-electron chi connectivity index (χ3n) is 11.3. The van der Waals surface area contributed by atoms with E-state index in [-0.39, 0.29) is 68.8 Å². The van der Waals surface area contributed by atoms with Crippen molar-refractivity contribution in [2.45, 2.75) is 121 Å². The summed E-state index contributed by atoms with van der Waals surface area (Å²) >= 11 is 0.752. The highest BCUT2D eigenvalue weighted by molar-refractivity contribution is 8.13. The molecule has 4 rings (SSSR count). The number of H-pyrrole nitrogens is 2. The van der Waals surface area contributed by atoms with Crippen LogP contribution in [0.1, 0.15) is 75.9 Å². The van der Waals surface area contributed by atoms with Crippen LogP contribution < -0.4 is 43.4 Å². The van der Waals surface area contributed by atoms with E-state index in [2.05, 4.69) is 51.8 Å². The Labute approximate surface area is 426 Å². The van der Waals surface area contributed by atoms with Crippen LogP contribution in [0.25, 0.3) is 0 Å². The Bertz CT molecular complexity index is 2460. The molecule has 0 spiro atoms. The number of aliphatic carboxylic acids is 1. The number of phenolic OH excluding ortho intramolecular Hbond substituents is 1. The van der Waals surface area contributed by atoms with Crippen molar-refractivity contribution < 1.29 is 53.4 Å². The molecule has 0 aliphatic carbocycles. The van der Waals surface area contributed by atoms with Crippen LogP contribution in [-0.2, 0) is 68.8 Å². The molecule has 7 amide bonds. The maximum Gasteiger partial charge on any atom is 0.304 e. The number of nitrogens with two attached hydrogens (primary N) is 2. The topological polar surface area (TPSA) is 376 Å². The van der Waals surface area contributed by atoms with Crippen LogP contribution in [-0.4, -0.2) is 131 Å². The van der Waals surface area contributed by atoms with Gasteiger partial charge in [-0.15, -0.1) is 0 Å². The zero-order chi connectivity index (χ0) is 53.6. The van der Waals surface area contributed by atoms with Gasteiger partial charge in [-0.3, -0.25) is 43.2 Å². The average Bonchev–Trinajstić information content (AvgIpc) is 4.06. The molecule has 14 N–H and O–H groups in total. The summed E-state index contributed by atoms with van der Waals surface area (Å²) in [6.07, 6.45) is 4.74. The van der Waals surface area contributed by atoms with E-state index in [1.165, 1.54) is 37.2 Å². The SMILES string of the molecule is CC(C)C[C@H](NC(=O)[C@H](Cc1ccccc1)NC(=O)[C@@H](NC(=O)[C@H](Cc1cnc[nH]1)NC(=O)[C@H](CCC(N)=O)NC(=O)[C@@H](N)Cc1ccc(O)cc1)C(C)C)C(=O)N[C@@H](Cc1cnc[nH]1)C(=O)SCCC(=O)O. The Kier molecular flexibility index (Phi) is 23.1. The van der Waals surface area contributed by atoms with Gasteiger partial charge in [0, 0.05) is 55.2 Å². The number of carboxylic acid groups (broad SMARTS) is 1. The van der Waals surface area contributed by atoms with Crippen molar-refractivity contribution in [3.63, 3.8) is 0 Å². The van der Waals surface area contributed by atoms with E-state index in [0.29, 0.717) is 22.5 Å². The Morgan fingerprint density at radius 1 is 0.603 bits per heavy atom. The van der Waals surface area contributed by atoms with Gasteiger partial charge in [-0.2, -0.15) is 0 Å². The minimum atomic E-state index is -1.40. The number of carboxylic acids is 1. The van der Waals surface area contributed by atoms with Crippen LogP contribution in [0.2, 0.25) is 0 Å². The second-order valence-corrected chi connectivity index (χ2v) is 19.3. The Morgan fingerprint density at radius 2 is 1.11 bits per heavy atom. The molecule has 2 aromatic heterocycles. The summed E-state index contributed by atoms with van der Waals surface area (Å²) in [4.78, 5) is 135. The van der Waals surface area contributed by atoms with Gasteiger partial charge < -0.3 is 63.5 Å². The lowest BCUT2D eigenvalue weighted by Crippen LogP contribution is -2.61. The number of hydrogen-bond acceptors (Lipinski definition) is 14. The van der Waals surface area contributed by atoms with Crippen LogP contribution in [0.3, 0.4) is 0 Å². The summed E-state index contributed by atoms with van der Waals surface area (Å²) in [5.41, 5.74) is 13.8. The molecule has 4 aromatic rings. The number of imidazole rings is 2. The fourth-order valence-electron chi connectivity index (χ4n) is 7.42. The summed E-state index contributed by atoms with van der Waals surface area (Å²) < 4.78 is 0. The van der Waals surface area contributed by atoms with Gasteiger partial charge in [0.15, 0.2) is 0 Å². The Balaban J connectivity index is 1.56. The third kappa shape index (κ3) is 20.2. The predicted molar refractivity (Wildman–Crippen MR) is 269 cm³/mol. The Hall–Kier alpha value is -7.60. The van der Waals surface area contributed by atoms with Crippen LogP contribution in [0.4, 0.5) is 0 Å². The number of rotatable bonds is 30. The molecule has 0 aliphatic heterocycles. The smallest absolute Gasteiger partial charge is 0.304 e. The summed E-state index contributed by atoms with van der Waals surface area (Å²) in [7, 11) is 0. The van der Waals surface area contributed by atoms with E-state index in [1.54, 1.807) is 56.3 Å². The lowest BCUT2D eigenvalue weighted by Gasteiger charge is -2.29. The maximum atomic E-state index is 14.4. The van der Waals surface area contributed by atoms with Crippen LogP contribution in [0, 0.1) is 11.8 Å². The Morgan fingerprint density at radius 3 is 1.67 bits per heavy atom. The van der Waals surface area contributed by atoms with Crippen molar-refractivity contribution in [1.82, 2.24) is 51.8 Å². The van der Waals surface area contributed by atoms with Crippen molar-refractivity contribution in [2.24, 2.45) is 23.3 Å². The van der Waals surface area contributed by atoms with Crippen LogP contribution in [0.15, 0.2) is 79.6 Å². The van der Waals surface area contributed by atoms with Crippen molar-refractivity contribution in [3.8, 4) is 5.75 Å². The summed E-state index contributed by atoms with van der Waals surface area (Å²) in [6, 6.07) is 5.84. The lowest BCUT2D eigenvalue weighted by molar-refractivity contribution is -0.136. The molecule has 2 aromatic carbocycles. The molecule has 0 fully saturated rings. The van der Waals surface area contributed by atoms with Gasteiger partial charge in [-0.05, 0) is 54.4 Å². The molecular weight excluding hydrogens is 965 g/mol. The second kappa shape index (κ2) is 29.0. The fourth-order valence-corrected chi connectivity index (χ4v) is 8.24. The van der Waals surface area contributed by atoms with E-state index in [9.17, 15) is 48.3 Å². The molecule has 0 radical (unpaired) electrons. The molecule has 0 saturated carbocycles. The number of nitrogens with one attached hydrogen (secondary N) is 8. The molecule has 73 heavy (non-hydrogen) atoms. The fraction of sp³-hybridized carbons (Fsp3) is 0.449. The summed E-state index contributed by atoms with van der Waals surface area (Å²) in [5, 5.41) is 34.4. The summed E-state index contributed by atoms with van der Waals surface area (Å²) in [6.45, 7) is 6.97. The molecule has 0 unspecified atom stereocenters. The minimum absolute atomic E-state index is 0.00141. The number of phenols is 1. The lowest BCUT2D eigenvalue weighted by atomic mass is 9.99. The number of benzene rings is 2. The first kappa shape index (κ1) is 58.0. The highest BCUT2D eigenvalue weighted by Crippen LogP contribution is 2.16. The van der Waals surface area contributed by atoms with Crippen molar-refractivity contribution in [2.75, 3.05) is 5.75 Å². The minimum Gasteiger partial charge on any atom is -0.508 e. The van der Waals surface area contributed by atoms with E-state index >= 15 is 0 Å². The molecule has 394 valence electrons. The number of aromatic amines is 2. The highest BCUT2D eigenvalue weighted by Gasteiger charge is 2.35. The first-order valence-corrected chi connectivity index (χ1v) is 24.7. The number of hydrogen-bond donors (Lipinski definition) is 12. The van der Waals surface area contributed by atoms with Crippen LogP contribution >= 0.6 is 11.8 Å². The number of primary amides is 1. The van der Waals surface area contributed by atoms with Crippen molar-refractivity contribution in [1.29, 1.82) is 0 Å². The number of aromatic nitrogens is 4. The normalized spacial score (nSPS) is 14.1. The average molecular weight is 1030 g/mol. The number of thioether (sulfide) groups is 1. The first-order chi connectivity index (χ1) is 34.7. The van der Waals surface area contributed by atoms with Gasteiger partial charge in [0.05, 0.1) is 25.1 Å². The molecule has 0 saturated heterocycles. The van der Waals surface area contributed by atoms with Gasteiger partial charge in [0.1, 0.15) is 42.0 Å². The molecule has 0 aliphatic rings. The van der Waals surface area contributed by atoms with Crippen molar-refractivity contribution >= 4 is 64.2 Å². The summed E-state index contributed by atoms with van der Waals surface area (Å²) in [5.74, 6) is -7.32. The zero-order valence-electron chi connectivity index (χ0n) is 41.1. The van der Waals surface area contributed by atoms with Crippen LogP contribution in [0.5, 0.6) is 5.75 Å². The number of amides is 7. The number of carbonyl (C=O) groups excluding carboxylic acids is 8. The first-order valence-electron chi connectivity index (χ1n) is 23.7. The van der Waals surface area contributed by atoms with Gasteiger partial charge in [-0.25, -0.2) is 9.97 Å². The maximum absolute atomic E-state index is 14.4. The van der Waals surface area contributed by atoms with Crippen molar-refractivity contribution in [3.05, 3.63) is 102 Å². The number of aromatic hydroxyl groups is 1. The van der Waals surface area contributed by atoms with Gasteiger partial charge >= 0.3 is 5.97 Å². The van der Waals surface area contributed by atoms with E-state index in [1.807, 2.05) is 13.8 Å². The van der Waals surface area contributed by atoms with E-state index in [4.69, 9.17) is 16.6 Å². The molecule has 24 heteroatoms. The van der Waals surface area contributed by atoms with E-state index < -0.39 is 101 Å². The predicted octanol–water partition coefficient (Wildman–Crippen LogP) is 0.0472. The second-order valence-electron chi connectivity index (χ2n) is 18.2. The molecule has 0 bridgehead atoms. The van der Waals surface area contributed by atoms with Gasteiger partial charge in [0.25, 0.3) is 0 Å². The van der Waals surface area contributed by atoms with Gasteiger partial charge in [-0.1, -0.05) is 81.9 Å². The third-order valence-corrected chi connectivity index (χ3v) is 12.3. The molecule has 2 heterocycles. The monoisotopic (exact) mass is 1030 g/mol. The quantitative estimate of drug-likeness (QED) is 0.0328. The largest absolute Gasteiger partial charge is 0.508 e.